The van der Waals surface area contributed by atoms with Crippen molar-refractivity contribution in [2.45, 2.75) is 24.5 Å². The highest BCUT2D eigenvalue weighted by Gasteiger charge is 2.38. The average Bonchev–Trinajstić information content (AvgIpc) is 2.84. The maximum Gasteiger partial charge on any atom is 0.262 e. The fourth-order valence-corrected chi connectivity index (χ4v) is 4.68. The Morgan fingerprint density at radius 1 is 1.36 bits per heavy atom. The third-order valence-corrected chi connectivity index (χ3v) is 6.37. The zero-order valence-electron chi connectivity index (χ0n) is 13.2. The first-order valence-corrected chi connectivity index (χ1v) is 9.26. The van der Waals surface area contributed by atoms with Crippen molar-refractivity contribution >= 4 is 10.0 Å². The first kappa shape index (κ1) is 15.9. The van der Waals surface area contributed by atoms with Crippen molar-refractivity contribution in [3.8, 4) is 0 Å². The molecule has 124 valence electrons. The van der Waals surface area contributed by atoms with Crippen molar-refractivity contribution < 1.29 is 13.2 Å². The first-order chi connectivity index (χ1) is 10.5. The number of ether oxygens (including phenoxy) is 1. The number of fused-ring (bicyclic) bond motifs is 1. The van der Waals surface area contributed by atoms with Gasteiger partial charge in [-0.3, -0.25) is 0 Å². The second-order valence-electron chi connectivity index (χ2n) is 6.09. The summed E-state index contributed by atoms with van der Waals surface area (Å²) in [6.45, 7) is 6.74. The van der Waals surface area contributed by atoms with Crippen molar-refractivity contribution in [1.82, 2.24) is 18.8 Å². The van der Waals surface area contributed by atoms with E-state index < -0.39 is 10.0 Å². The number of rotatable bonds is 3. The van der Waals surface area contributed by atoms with Crippen LogP contribution in [0.2, 0.25) is 0 Å². The molecule has 1 aromatic heterocycles. The monoisotopic (exact) mass is 328 g/mol. The van der Waals surface area contributed by atoms with E-state index in [1.54, 1.807) is 17.8 Å². The Labute approximate surface area is 131 Å². The lowest BCUT2D eigenvalue weighted by molar-refractivity contribution is -0.00194. The number of likely N-dealkylation sites (N-methyl/N-ethyl adjacent to an activating group) is 1. The number of hydrogen-bond donors (Lipinski definition) is 0. The third-order valence-electron chi connectivity index (χ3n) is 4.62. The number of hydrogen-bond acceptors (Lipinski definition) is 5. The molecule has 0 N–H and O–H groups in total. The van der Waals surface area contributed by atoms with E-state index in [9.17, 15) is 8.42 Å². The van der Waals surface area contributed by atoms with Crippen LogP contribution >= 0.6 is 0 Å². The Balaban J connectivity index is 1.74. The molecule has 2 saturated heterocycles. The summed E-state index contributed by atoms with van der Waals surface area (Å²) in [7, 11) is -1.75. The van der Waals surface area contributed by atoms with E-state index >= 15 is 0 Å². The largest absolute Gasteiger partial charge is 0.375 e. The van der Waals surface area contributed by atoms with Crippen LogP contribution in [0.4, 0.5) is 0 Å². The highest BCUT2D eigenvalue weighted by Crippen LogP contribution is 2.27. The van der Waals surface area contributed by atoms with E-state index in [-0.39, 0.29) is 11.1 Å². The molecule has 8 heteroatoms. The van der Waals surface area contributed by atoms with Gasteiger partial charge in [0.15, 0.2) is 5.03 Å². The summed E-state index contributed by atoms with van der Waals surface area (Å²) >= 11 is 0. The number of nitrogens with zero attached hydrogens (tertiary/aromatic N) is 4. The lowest BCUT2D eigenvalue weighted by atomic mass is 9.94. The van der Waals surface area contributed by atoms with Gasteiger partial charge in [-0.25, -0.2) is 13.4 Å². The summed E-state index contributed by atoms with van der Waals surface area (Å²) in [5.74, 6) is 0.414. The molecule has 0 radical (unpaired) electrons. The third kappa shape index (κ3) is 3.05. The molecule has 0 saturated carbocycles. The molecule has 0 spiro atoms. The quantitative estimate of drug-likeness (QED) is 0.790. The summed E-state index contributed by atoms with van der Waals surface area (Å²) in [4.78, 5) is 6.38. The van der Waals surface area contributed by atoms with Gasteiger partial charge in [-0.2, -0.15) is 4.31 Å². The van der Waals surface area contributed by atoms with E-state index in [2.05, 4.69) is 16.8 Å². The van der Waals surface area contributed by atoms with Crippen LogP contribution in [0.15, 0.2) is 17.6 Å². The second-order valence-corrected chi connectivity index (χ2v) is 7.98. The molecule has 1 aromatic rings. The molecule has 2 aliphatic heterocycles. The molecular formula is C14H24N4O3S. The molecule has 0 aliphatic carbocycles. The molecule has 3 rings (SSSR count). The normalized spacial score (nSPS) is 28.3. The van der Waals surface area contributed by atoms with Gasteiger partial charge in [-0.05, 0) is 13.0 Å². The van der Waals surface area contributed by atoms with Gasteiger partial charge in [0.2, 0.25) is 0 Å². The molecule has 2 atom stereocenters. The first-order valence-electron chi connectivity index (χ1n) is 7.82. The fourth-order valence-electron chi connectivity index (χ4n) is 3.25. The Kier molecular flexibility index (Phi) is 4.54. The maximum atomic E-state index is 12.7. The summed E-state index contributed by atoms with van der Waals surface area (Å²) in [6, 6.07) is 0. The Morgan fingerprint density at radius 3 is 2.86 bits per heavy atom. The van der Waals surface area contributed by atoms with E-state index in [4.69, 9.17) is 4.74 Å². The topological polar surface area (TPSA) is 67.7 Å². The van der Waals surface area contributed by atoms with Crippen LogP contribution in [0.5, 0.6) is 0 Å². The molecular weight excluding hydrogens is 304 g/mol. The molecule has 0 unspecified atom stereocenters. The van der Waals surface area contributed by atoms with E-state index in [0.717, 1.165) is 26.1 Å². The Bertz CT molecular complexity index is 615. The molecule has 7 nitrogen and oxygen atoms in total. The van der Waals surface area contributed by atoms with Gasteiger partial charge >= 0.3 is 0 Å². The van der Waals surface area contributed by atoms with Gasteiger partial charge in [-0.1, -0.05) is 6.92 Å². The molecule has 2 fully saturated rings. The number of aryl methyl sites for hydroxylation is 1. The zero-order chi connectivity index (χ0) is 15.7. The number of aromatic nitrogens is 2. The highest BCUT2D eigenvalue weighted by molar-refractivity contribution is 7.89. The molecule has 0 aromatic carbocycles. The summed E-state index contributed by atoms with van der Waals surface area (Å²) in [6.07, 6.45) is 3.89. The summed E-state index contributed by atoms with van der Waals surface area (Å²) < 4.78 is 34.4. The van der Waals surface area contributed by atoms with Crippen molar-refractivity contribution in [1.29, 1.82) is 0 Å². The van der Waals surface area contributed by atoms with Crippen LogP contribution in [0.1, 0.15) is 13.3 Å². The lowest BCUT2D eigenvalue weighted by Crippen LogP contribution is -2.49. The predicted octanol–water partition coefficient (Wildman–Crippen LogP) is 0.151. The van der Waals surface area contributed by atoms with Crippen molar-refractivity contribution in [3.63, 3.8) is 0 Å². The van der Waals surface area contributed by atoms with Gasteiger partial charge in [0.25, 0.3) is 10.0 Å². The van der Waals surface area contributed by atoms with E-state index in [1.807, 2.05) is 0 Å². The van der Waals surface area contributed by atoms with Crippen molar-refractivity contribution in [2.24, 2.45) is 13.0 Å². The molecule has 3 heterocycles. The van der Waals surface area contributed by atoms with Crippen LogP contribution in [-0.4, -0.2) is 72.6 Å². The summed E-state index contributed by atoms with van der Waals surface area (Å²) in [5.41, 5.74) is 0. The minimum atomic E-state index is -3.51. The van der Waals surface area contributed by atoms with Crippen LogP contribution < -0.4 is 0 Å². The number of sulfonamides is 1. The van der Waals surface area contributed by atoms with Crippen molar-refractivity contribution in [3.05, 3.63) is 12.5 Å². The fraction of sp³-hybridized carbons (Fsp3) is 0.786. The van der Waals surface area contributed by atoms with Gasteiger partial charge in [0.1, 0.15) is 0 Å². The zero-order valence-corrected chi connectivity index (χ0v) is 14.0. The van der Waals surface area contributed by atoms with Crippen LogP contribution in [0, 0.1) is 5.92 Å². The molecule has 0 amide bonds. The van der Waals surface area contributed by atoms with E-state index in [0.29, 0.717) is 25.6 Å². The van der Waals surface area contributed by atoms with Crippen molar-refractivity contribution in [2.75, 3.05) is 39.3 Å². The smallest absolute Gasteiger partial charge is 0.262 e. The van der Waals surface area contributed by atoms with Gasteiger partial charge < -0.3 is 14.2 Å². The minimum Gasteiger partial charge on any atom is -0.375 e. The van der Waals surface area contributed by atoms with Gasteiger partial charge in [-0.15, -0.1) is 0 Å². The van der Waals surface area contributed by atoms with Crippen LogP contribution in [0.25, 0.3) is 0 Å². The van der Waals surface area contributed by atoms with Crippen LogP contribution in [0.3, 0.4) is 0 Å². The molecule has 2 aliphatic rings. The minimum absolute atomic E-state index is 0.0104. The Hall–Kier alpha value is -0.960. The number of imidazole rings is 1. The molecule has 0 bridgehead atoms. The average molecular weight is 328 g/mol. The van der Waals surface area contributed by atoms with Gasteiger partial charge in [0, 0.05) is 45.3 Å². The predicted molar refractivity (Wildman–Crippen MR) is 81.9 cm³/mol. The summed E-state index contributed by atoms with van der Waals surface area (Å²) in [5, 5.41) is 0.122. The van der Waals surface area contributed by atoms with E-state index in [1.165, 1.54) is 10.6 Å². The van der Waals surface area contributed by atoms with Gasteiger partial charge in [0.05, 0.1) is 19.0 Å². The molecule has 22 heavy (non-hydrogen) atoms. The maximum absolute atomic E-state index is 12.7. The Morgan fingerprint density at radius 2 is 2.18 bits per heavy atom. The highest BCUT2D eigenvalue weighted by atomic mass is 32.2. The number of piperidine rings is 1. The second kappa shape index (κ2) is 6.27. The standard InChI is InChI=1S/C14H24N4O3S/c1-3-17-6-7-21-13-9-18(5-4-12(13)8-17)22(19,20)14-10-16(2)11-15-14/h10-13H,3-9H2,1-2H3/t12-,13-/m1/s1. The lowest BCUT2D eigenvalue weighted by Gasteiger charge is -2.36. The SMILES string of the molecule is CCN1CCO[C@@H]2CN(S(=O)(=O)c3cn(C)cn3)CC[C@@H]2C1. The van der Waals surface area contributed by atoms with Crippen LogP contribution in [-0.2, 0) is 21.8 Å².